The average molecular weight is 192 g/mol. The Kier molecular flexibility index (Phi) is 1.87. The SMILES string of the molecule is Cc1nn(C2CC2)c2c1CCOCC2. The number of rotatable bonds is 1. The van der Waals surface area contributed by atoms with Gasteiger partial charge in [0.15, 0.2) is 0 Å². The van der Waals surface area contributed by atoms with E-state index in [-0.39, 0.29) is 0 Å². The lowest BCUT2D eigenvalue weighted by molar-refractivity contribution is 0.145. The summed E-state index contributed by atoms with van der Waals surface area (Å²) in [6.07, 6.45) is 4.73. The van der Waals surface area contributed by atoms with Crippen LogP contribution in [0.4, 0.5) is 0 Å². The molecule has 76 valence electrons. The fourth-order valence-electron chi connectivity index (χ4n) is 2.29. The average Bonchev–Trinajstić information content (AvgIpc) is 2.99. The van der Waals surface area contributed by atoms with Crippen LogP contribution in [-0.4, -0.2) is 23.0 Å². The molecule has 0 N–H and O–H groups in total. The standard InChI is InChI=1S/C11H16N2O/c1-8-10-4-6-14-7-5-11(10)13(12-8)9-2-3-9/h9H,2-7H2,1H3. The number of hydrogen-bond donors (Lipinski definition) is 0. The van der Waals surface area contributed by atoms with Gasteiger partial charge in [0, 0.05) is 12.1 Å². The summed E-state index contributed by atoms with van der Waals surface area (Å²) in [5.41, 5.74) is 4.12. The molecule has 2 heterocycles. The van der Waals surface area contributed by atoms with E-state index in [9.17, 15) is 0 Å². The maximum absolute atomic E-state index is 5.50. The summed E-state index contributed by atoms with van der Waals surface area (Å²) in [4.78, 5) is 0. The van der Waals surface area contributed by atoms with Crippen molar-refractivity contribution in [2.75, 3.05) is 13.2 Å². The molecule has 1 aliphatic heterocycles. The largest absolute Gasteiger partial charge is 0.381 e. The third-order valence-electron chi connectivity index (χ3n) is 3.19. The van der Waals surface area contributed by atoms with Crippen molar-refractivity contribution in [3.63, 3.8) is 0 Å². The van der Waals surface area contributed by atoms with Crippen LogP contribution < -0.4 is 0 Å². The molecule has 0 saturated heterocycles. The molecule has 2 aliphatic rings. The van der Waals surface area contributed by atoms with Crippen molar-refractivity contribution in [2.45, 2.75) is 38.6 Å². The first-order valence-corrected chi connectivity index (χ1v) is 5.51. The second kappa shape index (κ2) is 3.09. The summed E-state index contributed by atoms with van der Waals surface area (Å²) >= 11 is 0. The number of fused-ring (bicyclic) bond motifs is 1. The van der Waals surface area contributed by atoms with Crippen molar-refractivity contribution in [1.82, 2.24) is 9.78 Å². The summed E-state index contributed by atoms with van der Waals surface area (Å²) in [7, 11) is 0. The third-order valence-corrected chi connectivity index (χ3v) is 3.19. The van der Waals surface area contributed by atoms with Crippen LogP contribution in [0.1, 0.15) is 35.8 Å². The van der Waals surface area contributed by atoms with Gasteiger partial charge in [-0.25, -0.2) is 0 Å². The molecule has 3 nitrogen and oxygen atoms in total. The highest BCUT2D eigenvalue weighted by Crippen LogP contribution is 2.37. The molecular formula is C11H16N2O. The van der Waals surface area contributed by atoms with Gasteiger partial charge in [0.2, 0.25) is 0 Å². The quantitative estimate of drug-likeness (QED) is 0.676. The molecule has 3 heteroatoms. The van der Waals surface area contributed by atoms with Crippen molar-refractivity contribution >= 4 is 0 Å². The summed E-state index contributed by atoms with van der Waals surface area (Å²) in [5, 5.41) is 4.66. The number of ether oxygens (including phenoxy) is 1. The highest BCUT2D eigenvalue weighted by molar-refractivity contribution is 5.27. The molecule has 1 fully saturated rings. The van der Waals surface area contributed by atoms with Crippen molar-refractivity contribution in [3.8, 4) is 0 Å². The topological polar surface area (TPSA) is 27.1 Å². The minimum atomic E-state index is 0.704. The predicted molar refractivity (Wildman–Crippen MR) is 53.5 cm³/mol. The van der Waals surface area contributed by atoms with E-state index in [1.54, 1.807) is 0 Å². The number of aromatic nitrogens is 2. The molecule has 0 radical (unpaired) electrons. The van der Waals surface area contributed by atoms with Crippen molar-refractivity contribution in [2.24, 2.45) is 0 Å². The Labute approximate surface area is 84.1 Å². The molecule has 0 spiro atoms. The summed E-state index contributed by atoms with van der Waals surface area (Å²) in [6, 6.07) is 0.704. The zero-order valence-electron chi connectivity index (χ0n) is 8.62. The van der Waals surface area contributed by atoms with Gasteiger partial charge in [0.1, 0.15) is 0 Å². The maximum Gasteiger partial charge on any atom is 0.0629 e. The summed E-state index contributed by atoms with van der Waals surface area (Å²) < 4.78 is 7.77. The first-order chi connectivity index (χ1) is 6.86. The molecule has 1 saturated carbocycles. The van der Waals surface area contributed by atoms with Gasteiger partial charge in [0.05, 0.1) is 24.9 Å². The lowest BCUT2D eigenvalue weighted by atomic mass is 10.1. The summed E-state index contributed by atoms with van der Waals surface area (Å²) in [5.74, 6) is 0. The van der Waals surface area contributed by atoms with Gasteiger partial charge in [-0.05, 0) is 31.7 Å². The van der Waals surface area contributed by atoms with E-state index in [1.807, 2.05) is 0 Å². The number of aryl methyl sites for hydroxylation is 1. The molecule has 14 heavy (non-hydrogen) atoms. The van der Waals surface area contributed by atoms with Gasteiger partial charge < -0.3 is 4.74 Å². The van der Waals surface area contributed by atoms with Crippen molar-refractivity contribution in [1.29, 1.82) is 0 Å². The van der Waals surface area contributed by atoms with Crippen LogP contribution in [0.25, 0.3) is 0 Å². The van der Waals surface area contributed by atoms with Gasteiger partial charge in [-0.1, -0.05) is 0 Å². The minimum Gasteiger partial charge on any atom is -0.381 e. The Morgan fingerprint density at radius 3 is 2.86 bits per heavy atom. The molecule has 1 aliphatic carbocycles. The fourth-order valence-corrected chi connectivity index (χ4v) is 2.29. The zero-order chi connectivity index (χ0) is 9.54. The molecule has 0 amide bonds. The monoisotopic (exact) mass is 192 g/mol. The van der Waals surface area contributed by atoms with E-state index in [1.165, 1.54) is 29.8 Å². The first kappa shape index (κ1) is 8.48. The smallest absolute Gasteiger partial charge is 0.0629 e. The van der Waals surface area contributed by atoms with Crippen LogP contribution in [0.3, 0.4) is 0 Å². The Morgan fingerprint density at radius 2 is 2.07 bits per heavy atom. The Bertz CT molecular complexity index is 352. The van der Waals surface area contributed by atoms with Crippen LogP contribution in [0, 0.1) is 6.92 Å². The lowest BCUT2D eigenvalue weighted by Crippen LogP contribution is -2.05. The Hall–Kier alpha value is -0.830. The minimum absolute atomic E-state index is 0.704. The van der Waals surface area contributed by atoms with E-state index in [0.717, 1.165) is 26.1 Å². The molecule has 3 rings (SSSR count). The van der Waals surface area contributed by atoms with Crippen molar-refractivity contribution in [3.05, 3.63) is 17.0 Å². The normalized spacial score (nSPS) is 21.8. The molecule has 0 bridgehead atoms. The second-order valence-corrected chi connectivity index (χ2v) is 4.30. The third kappa shape index (κ3) is 1.27. The lowest BCUT2D eigenvalue weighted by Gasteiger charge is -2.04. The molecule has 0 atom stereocenters. The van der Waals surface area contributed by atoms with E-state index in [0.29, 0.717) is 6.04 Å². The van der Waals surface area contributed by atoms with Crippen LogP contribution in [-0.2, 0) is 17.6 Å². The Morgan fingerprint density at radius 1 is 1.29 bits per heavy atom. The van der Waals surface area contributed by atoms with Gasteiger partial charge in [-0.3, -0.25) is 4.68 Å². The summed E-state index contributed by atoms with van der Waals surface area (Å²) in [6.45, 7) is 3.86. The van der Waals surface area contributed by atoms with Gasteiger partial charge in [0.25, 0.3) is 0 Å². The Balaban J connectivity index is 2.04. The maximum atomic E-state index is 5.50. The highest BCUT2D eigenvalue weighted by Gasteiger charge is 2.29. The molecular weight excluding hydrogens is 176 g/mol. The zero-order valence-corrected chi connectivity index (χ0v) is 8.62. The van der Waals surface area contributed by atoms with E-state index in [2.05, 4.69) is 16.7 Å². The van der Waals surface area contributed by atoms with Crippen LogP contribution in [0.15, 0.2) is 0 Å². The van der Waals surface area contributed by atoms with Gasteiger partial charge >= 0.3 is 0 Å². The molecule has 0 aromatic carbocycles. The molecule has 0 unspecified atom stereocenters. The molecule has 1 aromatic rings. The van der Waals surface area contributed by atoms with Gasteiger partial charge in [-0.15, -0.1) is 0 Å². The first-order valence-electron chi connectivity index (χ1n) is 5.51. The van der Waals surface area contributed by atoms with E-state index < -0.39 is 0 Å². The number of hydrogen-bond acceptors (Lipinski definition) is 2. The highest BCUT2D eigenvalue weighted by atomic mass is 16.5. The van der Waals surface area contributed by atoms with Crippen LogP contribution in [0.2, 0.25) is 0 Å². The van der Waals surface area contributed by atoms with Gasteiger partial charge in [-0.2, -0.15) is 5.10 Å². The fraction of sp³-hybridized carbons (Fsp3) is 0.727. The van der Waals surface area contributed by atoms with Crippen molar-refractivity contribution < 1.29 is 4.74 Å². The predicted octanol–water partition coefficient (Wildman–Crippen LogP) is 1.64. The number of nitrogens with zero attached hydrogens (tertiary/aromatic N) is 2. The van der Waals surface area contributed by atoms with E-state index in [4.69, 9.17) is 4.74 Å². The molecule has 1 aromatic heterocycles. The van der Waals surface area contributed by atoms with Crippen LogP contribution >= 0.6 is 0 Å². The van der Waals surface area contributed by atoms with Crippen LogP contribution in [0.5, 0.6) is 0 Å². The second-order valence-electron chi connectivity index (χ2n) is 4.30. The van der Waals surface area contributed by atoms with E-state index >= 15 is 0 Å².